The van der Waals surface area contributed by atoms with E-state index in [9.17, 15) is 4.79 Å². The Kier molecular flexibility index (Phi) is 4.01. The van der Waals surface area contributed by atoms with Crippen LogP contribution in [0.1, 0.15) is 15.9 Å². The maximum absolute atomic E-state index is 12.1. The lowest BCUT2D eigenvalue weighted by Gasteiger charge is -2.07. The first-order chi connectivity index (χ1) is 8.66. The topological polar surface area (TPSA) is 68.0 Å². The van der Waals surface area contributed by atoms with E-state index in [1.165, 1.54) is 11.3 Å². The molecule has 0 bridgehead atoms. The van der Waals surface area contributed by atoms with Crippen LogP contribution in [0.15, 0.2) is 35.8 Å². The number of aromatic nitrogens is 1. The number of rotatable bonds is 4. The number of nitrogens with zero attached hydrogens (tertiary/aromatic N) is 1. The normalized spacial score (nSPS) is 10.0. The molecular formula is C12H11N3OS2. The highest BCUT2D eigenvalue weighted by Gasteiger charge is 2.12. The second-order valence-corrected chi connectivity index (χ2v) is 5.01. The summed E-state index contributed by atoms with van der Waals surface area (Å²) < 4.78 is 0. The first-order valence-corrected chi connectivity index (χ1v) is 6.52. The number of benzene rings is 1. The number of anilines is 1. The molecule has 0 radical (unpaired) electrons. The van der Waals surface area contributed by atoms with Gasteiger partial charge in [-0.1, -0.05) is 30.4 Å². The van der Waals surface area contributed by atoms with Gasteiger partial charge in [-0.25, -0.2) is 4.98 Å². The number of amides is 1. The van der Waals surface area contributed by atoms with E-state index < -0.39 is 0 Å². The molecule has 2 aromatic rings. The van der Waals surface area contributed by atoms with Gasteiger partial charge in [0.25, 0.3) is 5.91 Å². The Morgan fingerprint density at radius 3 is 2.89 bits per heavy atom. The van der Waals surface area contributed by atoms with Crippen molar-refractivity contribution in [2.24, 2.45) is 5.73 Å². The molecule has 1 amide bonds. The lowest BCUT2D eigenvalue weighted by Crippen LogP contribution is -2.18. The zero-order chi connectivity index (χ0) is 13.0. The summed E-state index contributed by atoms with van der Waals surface area (Å²) in [5.74, 6) is -0.197. The molecule has 6 heteroatoms. The maximum Gasteiger partial charge on any atom is 0.257 e. The van der Waals surface area contributed by atoms with E-state index in [0.717, 1.165) is 5.56 Å². The first-order valence-electron chi connectivity index (χ1n) is 5.24. The van der Waals surface area contributed by atoms with Crippen LogP contribution in [0.2, 0.25) is 0 Å². The SMILES string of the molecule is NC(=S)Cc1ccccc1C(=O)Nc1nccs1. The zero-order valence-electron chi connectivity index (χ0n) is 9.42. The van der Waals surface area contributed by atoms with Crippen LogP contribution in [0.3, 0.4) is 0 Å². The van der Waals surface area contributed by atoms with Crippen molar-refractivity contribution in [1.82, 2.24) is 4.98 Å². The third kappa shape index (κ3) is 3.12. The van der Waals surface area contributed by atoms with Gasteiger partial charge in [0, 0.05) is 23.6 Å². The van der Waals surface area contributed by atoms with Gasteiger partial charge in [0.15, 0.2) is 5.13 Å². The molecule has 0 fully saturated rings. The average Bonchev–Trinajstić information content (AvgIpc) is 2.81. The predicted octanol–water partition coefficient (Wildman–Crippen LogP) is 2.22. The Labute approximate surface area is 114 Å². The van der Waals surface area contributed by atoms with E-state index in [2.05, 4.69) is 10.3 Å². The van der Waals surface area contributed by atoms with Gasteiger partial charge >= 0.3 is 0 Å². The molecule has 0 saturated carbocycles. The van der Waals surface area contributed by atoms with Gasteiger partial charge in [-0.3, -0.25) is 10.1 Å². The van der Waals surface area contributed by atoms with Crippen molar-refractivity contribution in [2.75, 3.05) is 5.32 Å². The van der Waals surface area contributed by atoms with E-state index >= 15 is 0 Å². The van der Waals surface area contributed by atoms with E-state index in [1.807, 2.05) is 12.1 Å². The highest BCUT2D eigenvalue weighted by molar-refractivity contribution is 7.80. The fraction of sp³-hybridized carbons (Fsp3) is 0.0833. The molecular weight excluding hydrogens is 266 g/mol. The highest BCUT2D eigenvalue weighted by Crippen LogP contribution is 2.15. The van der Waals surface area contributed by atoms with Crippen LogP contribution in [0, 0.1) is 0 Å². The van der Waals surface area contributed by atoms with Crippen molar-refractivity contribution in [2.45, 2.75) is 6.42 Å². The number of carbonyl (C=O) groups is 1. The summed E-state index contributed by atoms with van der Waals surface area (Å²) in [6, 6.07) is 7.25. The lowest BCUT2D eigenvalue weighted by molar-refractivity contribution is 0.102. The van der Waals surface area contributed by atoms with Crippen LogP contribution in [0.5, 0.6) is 0 Å². The lowest BCUT2D eigenvalue weighted by atomic mass is 10.0. The van der Waals surface area contributed by atoms with Gasteiger partial charge in [0.05, 0.1) is 4.99 Å². The number of thiocarbonyl (C=S) groups is 1. The molecule has 1 heterocycles. The fourth-order valence-corrected chi connectivity index (χ4v) is 2.21. The molecule has 18 heavy (non-hydrogen) atoms. The monoisotopic (exact) mass is 277 g/mol. The molecule has 92 valence electrons. The van der Waals surface area contributed by atoms with E-state index in [4.69, 9.17) is 18.0 Å². The molecule has 1 aromatic heterocycles. The number of nitrogens with two attached hydrogens (primary N) is 1. The minimum absolute atomic E-state index is 0.197. The second-order valence-electron chi connectivity index (χ2n) is 3.59. The summed E-state index contributed by atoms with van der Waals surface area (Å²) in [7, 11) is 0. The maximum atomic E-state index is 12.1. The van der Waals surface area contributed by atoms with E-state index in [0.29, 0.717) is 22.1 Å². The number of thiazole rings is 1. The summed E-state index contributed by atoms with van der Waals surface area (Å²) >= 11 is 6.25. The Bertz CT molecular complexity index is 566. The fourth-order valence-electron chi connectivity index (χ4n) is 1.53. The Hall–Kier alpha value is -1.79. The summed E-state index contributed by atoms with van der Waals surface area (Å²) in [6.07, 6.45) is 2.05. The van der Waals surface area contributed by atoms with Gasteiger partial charge in [0.1, 0.15) is 0 Å². The minimum atomic E-state index is -0.197. The third-order valence-corrected chi connectivity index (χ3v) is 3.11. The van der Waals surface area contributed by atoms with Gasteiger partial charge in [-0.05, 0) is 11.6 Å². The van der Waals surface area contributed by atoms with E-state index in [-0.39, 0.29) is 5.91 Å². The number of nitrogens with one attached hydrogen (secondary N) is 1. The van der Waals surface area contributed by atoms with Gasteiger partial charge < -0.3 is 5.73 Å². The standard InChI is InChI=1S/C12H11N3OS2/c13-10(17)7-8-3-1-2-4-9(8)11(16)15-12-14-5-6-18-12/h1-6H,7H2,(H2,13,17)(H,14,15,16). The van der Waals surface area contributed by atoms with Crippen molar-refractivity contribution in [3.05, 3.63) is 47.0 Å². The largest absolute Gasteiger partial charge is 0.393 e. The van der Waals surface area contributed by atoms with Crippen molar-refractivity contribution in [1.29, 1.82) is 0 Å². The van der Waals surface area contributed by atoms with Crippen LogP contribution >= 0.6 is 23.6 Å². The van der Waals surface area contributed by atoms with Gasteiger partial charge in [-0.2, -0.15) is 0 Å². The molecule has 0 aliphatic heterocycles. The Morgan fingerprint density at radius 2 is 2.22 bits per heavy atom. The average molecular weight is 277 g/mol. The minimum Gasteiger partial charge on any atom is -0.393 e. The highest BCUT2D eigenvalue weighted by atomic mass is 32.1. The summed E-state index contributed by atoms with van der Waals surface area (Å²) in [5.41, 5.74) is 6.91. The molecule has 0 spiro atoms. The smallest absolute Gasteiger partial charge is 0.257 e. The first kappa shape index (κ1) is 12.7. The van der Waals surface area contributed by atoms with Crippen LogP contribution < -0.4 is 11.1 Å². The van der Waals surface area contributed by atoms with Crippen molar-refractivity contribution in [3.63, 3.8) is 0 Å². The summed E-state index contributed by atoms with van der Waals surface area (Å²) in [5, 5.41) is 5.11. The van der Waals surface area contributed by atoms with Crippen LogP contribution in [-0.4, -0.2) is 15.9 Å². The Morgan fingerprint density at radius 1 is 1.44 bits per heavy atom. The molecule has 1 aromatic carbocycles. The molecule has 0 aliphatic carbocycles. The van der Waals surface area contributed by atoms with Crippen LogP contribution in [0.25, 0.3) is 0 Å². The van der Waals surface area contributed by atoms with Crippen molar-refractivity contribution in [3.8, 4) is 0 Å². The quantitative estimate of drug-likeness (QED) is 0.841. The summed E-state index contributed by atoms with van der Waals surface area (Å²) in [4.78, 5) is 16.5. The summed E-state index contributed by atoms with van der Waals surface area (Å²) in [6.45, 7) is 0. The molecule has 3 N–H and O–H groups in total. The van der Waals surface area contributed by atoms with E-state index in [1.54, 1.807) is 23.7 Å². The molecule has 4 nitrogen and oxygen atoms in total. The molecule has 2 rings (SSSR count). The third-order valence-electron chi connectivity index (χ3n) is 2.28. The molecule has 0 atom stereocenters. The number of hydrogen-bond donors (Lipinski definition) is 2. The molecule has 0 aliphatic rings. The molecule has 0 saturated heterocycles. The van der Waals surface area contributed by atoms with Crippen molar-refractivity contribution >= 4 is 39.6 Å². The number of hydrogen-bond acceptors (Lipinski definition) is 4. The predicted molar refractivity (Wildman–Crippen MR) is 77.0 cm³/mol. The van der Waals surface area contributed by atoms with Gasteiger partial charge in [0.2, 0.25) is 0 Å². The van der Waals surface area contributed by atoms with Crippen LogP contribution in [0.4, 0.5) is 5.13 Å². The van der Waals surface area contributed by atoms with Gasteiger partial charge in [-0.15, -0.1) is 11.3 Å². The second kappa shape index (κ2) is 5.70. The zero-order valence-corrected chi connectivity index (χ0v) is 11.1. The van der Waals surface area contributed by atoms with Crippen LogP contribution in [-0.2, 0) is 6.42 Å². The van der Waals surface area contributed by atoms with Crippen molar-refractivity contribution < 1.29 is 4.79 Å². The molecule has 0 unspecified atom stereocenters. The number of carbonyl (C=O) groups excluding carboxylic acids is 1. The Balaban J connectivity index is 2.21.